The summed E-state index contributed by atoms with van der Waals surface area (Å²) in [4.78, 5) is 0.838. The van der Waals surface area contributed by atoms with E-state index in [0.29, 0.717) is 5.56 Å². The molecule has 2 aromatic rings. The lowest BCUT2D eigenvalue weighted by Gasteiger charge is -1.89. The number of oxime groups is 1. The maximum atomic E-state index is 8.85. The monoisotopic (exact) mass is 202 g/mol. The Morgan fingerprint density at radius 3 is 3.07 bits per heavy atom. The number of nitriles is 1. The van der Waals surface area contributed by atoms with Crippen LogP contribution >= 0.6 is 11.3 Å². The van der Waals surface area contributed by atoms with Gasteiger partial charge >= 0.3 is 0 Å². The fourth-order valence-electron chi connectivity index (χ4n) is 1.29. The van der Waals surface area contributed by atoms with Crippen molar-refractivity contribution in [2.24, 2.45) is 5.16 Å². The molecule has 0 radical (unpaired) electrons. The third-order valence-electron chi connectivity index (χ3n) is 1.87. The molecule has 1 aromatic heterocycles. The highest BCUT2D eigenvalue weighted by Crippen LogP contribution is 2.27. The van der Waals surface area contributed by atoms with E-state index in [4.69, 9.17) is 10.5 Å². The summed E-state index contributed by atoms with van der Waals surface area (Å²) in [6, 6.07) is 9.57. The van der Waals surface area contributed by atoms with E-state index in [1.165, 1.54) is 17.6 Å². The molecule has 1 N–H and O–H groups in total. The van der Waals surface area contributed by atoms with Gasteiger partial charge in [0.15, 0.2) is 0 Å². The average molecular weight is 202 g/mol. The Morgan fingerprint density at radius 1 is 1.50 bits per heavy atom. The zero-order valence-corrected chi connectivity index (χ0v) is 7.95. The van der Waals surface area contributed by atoms with Crippen LogP contribution in [0.25, 0.3) is 10.1 Å². The number of fused-ring (bicyclic) bond motifs is 1. The summed E-state index contributed by atoms with van der Waals surface area (Å²) in [6.07, 6.45) is 1.37. The first-order chi connectivity index (χ1) is 6.85. The van der Waals surface area contributed by atoms with Gasteiger partial charge in [-0.25, -0.2) is 0 Å². The minimum atomic E-state index is 0.657. The molecule has 0 fully saturated rings. The van der Waals surface area contributed by atoms with Crippen LogP contribution in [0.15, 0.2) is 29.4 Å². The molecule has 0 aliphatic rings. The highest BCUT2D eigenvalue weighted by Gasteiger charge is 2.03. The van der Waals surface area contributed by atoms with Crippen molar-refractivity contribution in [2.75, 3.05) is 0 Å². The summed E-state index contributed by atoms with van der Waals surface area (Å²) in [5, 5.41) is 21.2. The molecule has 14 heavy (non-hydrogen) atoms. The van der Waals surface area contributed by atoms with Crippen LogP contribution in [0.1, 0.15) is 10.4 Å². The van der Waals surface area contributed by atoms with E-state index in [-0.39, 0.29) is 0 Å². The van der Waals surface area contributed by atoms with E-state index in [0.717, 1.165) is 15.0 Å². The topological polar surface area (TPSA) is 56.4 Å². The Bertz CT molecular complexity index is 537. The van der Waals surface area contributed by atoms with E-state index in [1.807, 2.05) is 18.2 Å². The number of hydrogen-bond acceptors (Lipinski definition) is 4. The molecule has 0 unspecified atom stereocenters. The van der Waals surface area contributed by atoms with Crippen molar-refractivity contribution in [2.45, 2.75) is 0 Å². The quantitative estimate of drug-likeness (QED) is 0.439. The van der Waals surface area contributed by atoms with Crippen LogP contribution in [-0.4, -0.2) is 11.4 Å². The van der Waals surface area contributed by atoms with E-state index < -0.39 is 0 Å². The van der Waals surface area contributed by atoms with Crippen molar-refractivity contribution in [1.82, 2.24) is 0 Å². The second-order valence-electron chi connectivity index (χ2n) is 2.73. The van der Waals surface area contributed by atoms with Gasteiger partial charge in [0.2, 0.25) is 0 Å². The molecular formula is C10H6N2OS. The van der Waals surface area contributed by atoms with Gasteiger partial charge in [-0.15, -0.1) is 11.3 Å². The third kappa shape index (κ3) is 1.34. The summed E-state index contributed by atoms with van der Waals surface area (Å²) in [5.41, 5.74) is 0.657. The van der Waals surface area contributed by atoms with E-state index in [1.54, 1.807) is 6.07 Å². The highest BCUT2D eigenvalue weighted by atomic mass is 32.1. The molecule has 0 saturated heterocycles. The third-order valence-corrected chi connectivity index (χ3v) is 2.99. The Kier molecular flexibility index (Phi) is 2.17. The second kappa shape index (κ2) is 3.48. The maximum absolute atomic E-state index is 8.85. The summed E-state index contributed by atoms with van der Waals surface area (Å²) in [5.74, 6) is 0. The molecule has 4 heteroatoms. The van der Waals surface area contributed by atoms with Crippen molar-refractivity contribution in [3.05, 3.63) is 34.7 Å². The van der Waals surface area contributed by atoms with Crippen molar-refractivity contribution >= 4 is 27.6 Å². The molecule has 0 bridgehead atoms. The first kappa shape index (κ1) is 8.73. The van der Waals surface area contributed by atoms with Gasteiger partial charge in [0, 0.05) is 4.88 Å². The van der Waals surface area contributed by atoms with Crippen LogP contribution in [0.2, 0.25) is 0 Å². The van der Waals surface area contributed by atoms with Gasteiger partial charge in [-0.05, 0) is 17.5 Å². The van der Waals surface area contributed by atoms with Crippen LogP contribution < -0.4 is 0 Å². The van der Waals surface area contributed by atoms with Crippen molar-refractivity contribution < 1.29 is 5.21 Å². The van der Waals surface area contributed by atoms with Gasteiger partial charge in [-0.2, -0.15) is 5.26 Å². The van der Waals surface area contributed by atoms with Crippen LogP contribution in [0.4, 0.5) is 0 Å². The molecule has 1 aromatic carbocycles. The Labute approximate surface area is 84.5 Å². The molecular weight excluding hydrogens is 196 g/mol. The normalized spacial score (nSPS) is 10.8. The van der Waals surface area contributed by atoms with E-state index >= 15 is 0 Å². The fraction of sp³-hybridized carbons (Fsp3) is 0. The van der Waals surface area contributed by atoms with Gasteiger partial charge in [-0.3, -0.25) is 0 Å². The smallest absolute Gasteiger partial charge is 0.101 e. The first-order valence-electron chi connectivity index (χ1n) is 3.95. The van der Waals surface area contributed by atoms with Crippen molar-refractivity contribution in [3.63, 3.8) is 0 Å². The standard InChI is InChI=1S/C10H6N2OS/c11-5-8-3-1-2-7-4-9(6-12-13)14-10(7)8/h1-4,6,13H/b12-6+. The molecule has 3 nitrogen and oxygen atoms in total. The number of nitrogens with zero attached hydrogens (tertiary/aromatic N) is 2. The summed E-state index contributed by atoms with van der Waals surface area (Å²) >= 11 is 1.44. The lowest BCUT2D eigenvalue weighted by Crippen LogP contribution is -1.70. The lowest BCUT2D eigenvalue weighted by atomic mass is 10.2. The molecule has 0 aliphatic heterocycles. The summed E-state index contributed by atoms with van der Waals surface area (Å²) in [7, 11) is 0. The van der Waals surface area contributed by atoms with E-state index in [2.05, 4.69) is 11.2 Å². The van der Waals surface area contributed by atoms with Crippen LogP contribution in [-0.2, 0) is 0 Å². The largest absolute Gasteiger partial charge is 0.411 e. The number of hydrogen-bond donors (Lipinski definition) is 1. The van der Waals surface area contributed by atoms with Crippen LogP contribution in [0, 0.1) is 11.3 Å². The molecule has 0 amide bonds. The lowest BCUT2D eigenvalue weighted by molar-refractivity contribution is 0.322. The van der Waals surface area contributed by atoms with Crippen molar-refractivity contribution in [1.29, 1.82) is 5.26 Å². The highest BCUT2D eigenvalue weighted by molar-refractivity contribution is 7.20. The molecule has 0 atom stereocenters. The zero-order chi connectivity index (χ0) is 9.97. The van der Waals surface area contributed by atoms with Gasteiger partial charge in [0.25, 0.3) is 0 Å². The Balaban J connectivity index is 2.71. The molecule has 0 aliphatic carbocycles. The van der Waals surface area contributed by atoms with Crippen LogP contribution in [0.5, 0.6) is 0 Å². The Hall–Kier alpha value is -1.86. The molecule has 68 valence electrons. The van der Waals surface area contributed by atoms with Crippen LogP contribution in [0.3, 0.4) is 0 Å². The van der Waals surface area contributed by atoms with E-state index in [9.17, 15) is 0 Å². The average Bonchev–Trinajstić information content (AvgIpc) is 2.60. The minimum absolute atomic E-state index is 0.657. The SMILES string of the molecule is N#Cc1cccc2cc(/C=N/O)sc12. The summed E-state index contributed by atoms with van der Waals surface area (Å²) < 4.78 is 0.935. The zero-order valence-electron chi connectivity index (χ0n) is 7.14. The molecule has 0 spiro atoms. The second-order valence-corrected chi connectivity index (χ2v) is 3.81. The predicted octanol–water partition coefficient (Wildman–Crippen LogP) is 2.58. The predicted molar refractivity (Wildman–Crippen MR) is 55.9 cm³/mol. The maximum Gasteiger partial charge on any atom is 0.101 e. The Morgan fingerprint density at radius 2 is 2.36 bits per heavy atom. The number of benzene rings is 1. The summed E-state index contributed by atoms with van der Waals surface area (Å²) in [6.45, 7) is 0. The number of thiophene rings is 1. The molecule has 0 saturated carbocycles. The minimum Gasteiger partial charge on any atom is -0.411 e. The van der Waals surface area contributed by atoms with Crippen molar-refractivity contribution in [3.8, 4) is 6.07 Å². The molecule has 1 heterocycles. The fourth-order valence-corrected chi connectivity index (χ4v) is 2.28. The van der Waals surface area contributed by atoms with Gasteiger partial charge < -0.3 is 5.21 Å². The molecule has 2 rings (SSSR count). The first-order valence-corrected chi connectivity index (χ1v) is 4.77. The van der Waals surface area contributed by atoms with Gasteiger partial charge in [0.05, 0.1) is 16.5 Å². The van der Waals surface area contributed by atoms with Gasteiger partial charge in [-0.1, -0.05) is 17.3 Å². The number of rotatable bonds is 1. The van der Waals surface area contributed by atoms with Gasteiger partial charge in [0.1, 0.15) is 6.07 Å².